The summed E-state index contributed by atoms with van der Waals surface area (Å²) in [6.07, 6.45) is 4.30. The summed E-state index contributed by atoms with van der Waals surface area (Å²) in [4.78, 5) is 14.4. The van der Waals surface area contributed by atoms with Crippen LogP contribution in [-0.2, 0) is 6.54 Å². The van der Waals surface area contributed by atoms with Crippen LogP contribution < -0.4 is 15.8 Å². The van der Waals surface area contributed by atoms with Gasteiger partial charge in [-0.1, -0.05) is 20.8 Å². The molecule has 0 aliphatic carbocycles. The van der Waals surface area contributed by atoms with Gasteiger partial charge in [0.05, 0.1) is 18.4 Å². The van der Waals surface area contributed by atoms with Crippen molar-refractivity contribution >= 4 is 5.69 Å². The van der Waals surface area contributed by atoms with Gasteiger partial charge in [0.2, 0.25) is 0 Å². The SMILES string of the molecule is CC1CCCN(c2cnn(CCNC(C)C)c(=O)c2)C1. The summed E-state index contributed by atoms with van der Waals surface area (Å²) in [5, 5.41) is 7.59. The van der Waals surface area contributed by atoms with E-state index in [4.69, 9.17) is 0 Å². The Balaban J connectivity index is 2.00. The molecule has 0 saturated carbocycles. The Morgan fingerprint density at radius 2 is 2.30 bits per heavy atom. The Morgan fingerprint density at radius 3 is 2.95 bits per heavy atom. The largest absolute Gasteiger partial charge is 0.370 e. The Morgan fingerprint density at radius 1 is 1.50 bits per heavy atom. The first-order valence-electron chi connectivity index (χ1n) is 7.62. The van der Waals surface area contributed by atoms with Crippen LogP contribution in [0.25, 0.3) is 0 Å². The highest BCUT2D eigenvalue weighted by molar-refractivity contribution is 5.43. The van der Waals surface area contributed by atoms with Crippen molar-refractivity contribution in [2.24, 2.45) is 5.92 Å². The lowest BCUT2D eigenvalue weighted by atomic mass is 10.00. The molecule has 1 fully saturated rings. The second-order valence-electron chi connectivity index (χ2n) is 6.08. The number of rotatable bonds is 5. The normalized spacial score (nSPS) is 19.6. The second kappa shape index (κ2) is 6.88. The molecule has 1 saturated heterocycles. The van der Waals surface area contributed by atoms with Gasteiger partial charge < -0.3 is 10.2 Å². The molecule has 0 radical (unpaired) electrons. The van der Waals surface area contributed by atoms with Gasteiger partial charge in [-0.3, -0.25) is 4.79 Å². The molecule has 20 heavy (non-hydrogen) atoms. The van der Waals surface area contributed by atoms with Crippen molar-refractivity contribution in [3.8, 4) is 0 Å². The number of piperidine rings is 1. The van der Waals surface area contributed by atoms with E-state index in [0.29, 0.717) is 18.5 Å². The van der Waals surface area contributed by atoms with E-state index in [-0.39, 0.29) is 5.56 Å². The molecular formula is C15H26N4O. The summed E-state index contributed by atoms with van der Waals surface area (Å²) in [6, 6.07) is 2.15. The summed E-state index contributed by atoms with van der Waals surface area (Å²) in [6.45, 7) is 9.90. The molecule has 1 aliphatic rings. The van der Waals surface area contributed by atoms with E-state index >= 15 is 0 Å². The van der Waals surface area contributed by atoms with Crippen molar-refractivity contribution < 1.29 is 0 Å². The Kier molecular flexibility index (Phi) is 5.17. The van der Waals surface area contributed by atoms with Crippen molar-refractivity contribution in [1.82, 2.24) is 15.1 Å². The zero-order valence-electron chi connectivity index (χ0n) is 12.8. The fourth-order valence-corrected chi connectivity index (χ4v) is 2.65. The summed E-state index contributed by atoms with van der Waals surface area (Å²) in [7, 11) is 0. The van der Waals surface area contributed by atoms with E-state index < -0.39 is 0 Å². The lowest BCUT2D eigenvalue weighted by Crippen LogP contribution is -2.36. The third-order valence-electron chi connectivity index (χ3n) is 3.75. The average molecular weight is 278 g/mol. The molecule has 1 aliphatic heterocycles. The molecule has 0 bridgehead atoms. The molecule has 1 unspecified atom stereocenters. The van der Waals surface area contributed by atoms with Gasteiger partial charge in [0.15, 0.2) is 0 Å². The number of nitrogens with zero attached hydrogens (tertiary/aromatic N) is 3. The van der Waals surface area contributed by atoms with Crippen LogP contribution >= 0.6 is 0 Å². The van der Waals surface area contributed by atoms with E-state index in [1.165, 1.54) is 17.5 Å². The summed E-state index contributed by atoms with van der Waals surface area (Å²) in [5.74, 6) is 0.696. The second-order valence-corrected chi connectivity index (χ2v) is 6.08. The number of hydrogen-bond acceptors (Lipinski definition) is 4. The summed E-state index contributed by atoms with van der Waals surface area (Å²) < 4.78 is 1.53. The Labute approximate surface area is 121 Å². The molecule has 2 heterocycles. The van der Waals surface area contributed by atoms with Crippen LogP contribution in [0.4, 0.5) is 5.69 Å². The summed E-state index contributed by atoms with van der Waals surface area (Å²) >= 11 is 0. The van der Waals surface area contributed by atoms with Crippen LogP contribution in [-0.4, -0.2) is 35.5 Å². The fraction of sp³-hybridized carbons (Fsp3) is 0.733. The van der Waals surface area contributed by atoms with Gasteiger partial charge >= 0.3 is 0 Å². The zero-order valence-corrected chi connectivity index (χ0v) is 12.8. The minimum atomic E-state index is -0.00807. The molecular weight excluding hydrogens is 252 g/mol. The zero-order chi connectivity index (χ0) is 14.5. The fourth-order valence-electron chi connectivity index (χ4n) is 2.65. The summed E-state index contributed by atoms with van der Waals surface area (Å²) in [5.41, 5.74) is 0.959. The third kappa shape index (κ3) is 4.07. The van der Waals surface area contributed by atoms with E-state index in [2.05, 4.69) is 36.1 Å². The van der Waals surface area contributed by atoms with Crippen molar-refractivity contribution in [2.75, 3.05) is 24.5 Å². The minimum Gasteiger partial charge on any atom is -0.370 e. The number of hydrogen-bond donors (Lipinski definition) is 1. The van der Waals surface area contributed by atoms with Crippen molar-refractivity contribution in [2.45, 2.75) is 46.2 Å². The molecule has 5 nitrogen and oxygen atoms in total. The number of anilines is 1. The maximum Gasteiger partial charge on any atom is 0.268 e. The van der Waals surface area contributed by atoms with Crippen LogP contribution in [0.15, 0.2) is 17.1 Å². The average Bonchev–Trinajstić information content (AvgIpc) is 2.40. The lowest BCUT2D eigenvalue weighted by Gasteiger charge is -2.32. The third-order valence-corrected chi connectivity index (χ3v) is 3.75. The highest BCUT2D eigenvalue weighted by Crippen LogP contribution is 2.20. The van der Waals surface area contributed by atoms with Crippen LogP contribution in [0.5, 0.6) is 0 Å². The van der Waals surface area contributed by atoms with Crippen LogP contribution in [0.2, 0.25) is 0 Å². The van der Waals surface area contributed by atoms with Gasteiger partial charge in [0.1, 0.15) is 0 Å². The maximum absolute atomic E-state index is 12.1. The molecule has 0 spiro atoms. The first-order valence-corrected chi connectivity index (χ1v) is 7.62. The minimum absolute atomic E-state index is 0.00807. The maximum atomic E-state index is 12.1. The Hall–Kier alpha value is -1.36. The van der Waals surface area contributed by atoms with Gasteiger partial charge in [-0.25, -0.2) is 4.68 Å². The number of nitrogens with one attached hydrogen (secondary N) is 1. The van der Waals surface area contributed by atoms with Gasteiger partial charge in [-0.2, -0.15) is 5.10 Å². The van der Waals surface area contributed by atoms with Crippen molar-refractivity contribution in [1.29, 1.82) is 0 Å². The molecule has 1 aromatic heterocycles. The molecule has 0 amide bonds. The molecule has 2 rings (SSSR count). The van der Waals surface area contributed by atoms with Crippen molar-refractivity contribution in [3.05, 3.63) is 22.6 Å². The topological polar surface area (TPSA) is 50.2 Å². The van der Waals surface area contributed by atoms with Gasteiger partial charge in [-0.05, 0) is 18.8 Å². The highest BCUT2D eigenvalue weighted by Gasteiger charge is 2.17. The monoisotopic (exact) mass is 278 g/mol. The van der Waals surface area contributed by atoms with Crippen LogP contribution in [0.3, 0.4) is 0 Å². The smallest absolute Gasteiger partial charge is 0.268 e. The molecule has 1 atom stereocenters. The first-order chi connectivity index (χ1) is 9.56. The standard InChI is InChI=1S/C15H26N4O/c1-12(2)16-6-8-19-15(20)9-14(10-17-19)18-7-4-5-13(3)11-18/h9-10,12-13,16H,4-8,11H2,1-3H3. The van der Waals surface area contributed by atoms with Crippen LogP contribution in [0, 0.1) is 5.92 Å². The highest BCUT2D eigenvalue weighted by atomic mass is 16.1. The number of aromatic nitrogens is 2. The van der Waals surface area contributed by atoms with E-state index in [9.17, 15) is 4.79 Å². The van der Waals surface area contributed by atoms with E-state index in [1.807, 2.05) is 6.20 Å². The van der Waals surface area contributed by atoms with Gasteiger partial charge in [0, 0.05) is 31.7 Å². The van der Waals surface area contributed by atoms with Gasteiger partial charge in [-0.15, -0.1) is 0 Å². The molecule has 1 aromatic rings. The lowest BCUT2D eigenvalue weighted by molar-refractivity contribution is 0.445. The van der Waals surface area contributed by atoms with Crippen LogP contribution in [0.1, 0.15) is 33.6 Å². The molecule has 112 valence electrons. The predicted molar refractivity (Wildman–Crippen MR) is 82.2 cm³/mol. The Bertz CT molecular complexity index is 483. The van der Waals surface area contributed by atoms with E-state index in [0.717, 1.165) is 25.3 Å². The quantitative estimate of drug-likeness (QED) is 0.886. The molecule has 1 N–H and O–H groups in total. The van der Waals surface area contributed by atoms with Gasteiger partial charge in [0.25, 0.3) is 5.56 Å². The predicted octanol–water partition coefficient (Wildman–Crippen LogP) is 1.48. The molecule has 0 aromatic carbocycles. The van der Waals surface area contributed by atoms with Crippen molar-refractivity contribution in [3.63, 3.8) is 0 Å². The first kappa shape index (κ1) is 15.0. The van der Waals surface area contributed by atoms with E-state index in [1.54, 1.807) is 6.07 Å². The molecule has 5 heteroatoms.